The summed E-state index contributed by atoms with van der Waals surface area (Å²) in [6.45, 7) is 0. The zero-order valence-corrected chi connectivity index (χ0v) is 69.1. The molecule has 24 rings (SSSR count). The Balaban J connectivity index is 0.0000000921. The SMILES string of the molecule is Brc1cc(-c2ccc3oc4cc5ccccc5cc4c3c2)c2ccccc2c1.Brc1cc(-c2ccccc2)c2oc3cc4ccccc4cc3c2c1.Brc1ccc(-c2c3ccccc3cc3c2sc2ccccc23)cc1.Brc1ccc2c(c1)oc1cc3ccccc3cc12.Brc1cccc2c1sc1cc3ccccc3cc12. The maximum atomic E-state index is 6.28. The molecule has 112 heavy (non-hydrogen) atoms. The first-order valence-electron chi connectivity index (χ1n) is 36.7. The third-order valence-electron chi connectivity index (χ3n) is 21.1. The fourth-order valence-corrected chi connectivity index (χ4v) is 20.4. The standard InChI is InChI=1S/C26H15BrO.C22H13BrO.C22H13BrS.C16H9BrO.C16H9BrS/c27-20-11-18-7-3-4-8-21(18)22(15-20)19-9-10-25-23(13-19)24-12-16-5-1-2-6-17(16)14-26(24)28-25;23-17-12-18(14-6-2-1-3-7-14)22-20(13-17)19-10-15-8-4-5-9-16(15)11-21(19)24-22;23-16-11-9-14(10-12-16)21-17-6-2-1-5-15(17)13-19-18-7-3-4-8-20(18)24-22(19)21;17-12-5-6-13-14-7-10-3-1-2-4-11(10)8-15(14)18-16(13)9-12;17-14-7-3-6-12-13-8-10-4-1-2-5-11(10)9-15(13)18-16(12)14/h1-15H;2*1-13H;2*1-9H. The molecule has 0 spiro atoms. The van der Waals surface area contributed by atoms with Crippen LogP contribution in [0.5, 0.6) is 0 Å². The smallest absolute Gasteiger partial charge is 0.143 e. The number of fused-ring (bicyclic) bond motifs is 21. The second-order valence-corrected chi connectivity index (χ2v) is 34.6. The van der Waals surface area contributed by atoms with Crippen molar-refractivity contribution < 1.29 is 13.3 Å². The van der Waals surface area contributed by atoms with Gasteiger partial charge < -0.3 is 13.3 Å². The first kappa shape index (κ1) is 70.1. The van der Waals surface area contributed by atoms with Crippen molar-refractivity contribution in [2.45, 2.75) is 0 Å². The number of thiophene rings is 2. The zero-order valence-electron chi connectivity index (χ0n) is 59.5. The van der Waals surface area contributed by atoms with E-state index in [0.29, 0.717) is 0 Å². The summed E-state index contributed by atoms with van der Waals surface area (Å²) in [4.78, 5) is 0. The zero-order chi connectivity index (χ0) is 75.1. The van der Waals surface area contributed by atoms with Crippen molar-refractivity contribution in [1.29, 1.82) is 0 Å². The molecule has 0 aliphatic carbocycles. The third kappa shape index (κ3) is 13.2. The highest BCUT2D eigenvalue weighted by molar-refractivity contribution is 9.11. The van der Waals surface area contributed by atoms with Crippen molar-refractivity contribution in [2.24, 2.45) is 0 Å². The van der Waals surface area contributed by atoms with Gasteiger partial charge in [0.25, 0.3) is 0 Å². The molecule has 0 radical (unpaired) electrons. The van der Waals surface area contributed by atoms with Gasteiger partial charge in [-0.1, -0.05) is 288 Å². The van der Waals surface area contributed by atoms with Crippen LogP contribution in [0.25, 0.3) is 204 Å². The molecule has 0 bridgehead atoms. The molecule has 3 nitrogen and oxygen atoms in total. The van der Waals surface area contributed by atoms with Crippen molar-refractivity contribution in [3.05, 3.63) is 380 Å². The van der Waals surface area contributed by atoms with E-state index in [1.807, 2.05) is 46.9 Å². The maximum absolute atomic E-state index is 6.28. The van der Waals surface area contributed by atoms with Gasteiger partial charge in [-0.25, -0.2) is 0 Å². The normalized spacial score (nSPS) is 11.6. The molecule has 5 heterocycles. The summed E-state index contributed by atoms with van der Waals surface area (Å²) >= 11 is 21.7. The third-order valence-corrected chi connectivity index (χ3v) is 26.4. The summed E-state index contributed by atoms with van der Waals surface area (Å²) in [7, 11) is 0. The highest BCUT2D eigenvalue weighted by Gasteiger charge is 2.19. The lowest BCUT2D eigenvalue weighted by Gasteiger charge is -2.09. The van der Waals surface area contributed by atoms with Gasteiger partial charge in [0, 0.05) is 106 Å². The van der Waals surface area contributed by atoms with E-state index in [-0.39, 0.29) is 0 Å². The van der Waals surface area contributed by atoms with Crippen LogP contribution in [0.15, 0.2) is 394 Å². The van der Waals surface area contributed by atoms with E-state index in [4.69, 9.17) is 13.3 Å². The number of rotatable bonds is 3. The molecule has 0 unspecified atom stereocenters. The Bertz CT molecular complexity index is 7850. The Morgan fingerprint density at radius 2 is 0.652 bits per heavy atom. The predicted octanol–water partition coefficient (Wildman–Crippen LogP) is 34.6. The van der Waals surface area contributed by atoms with Crippen molar-refractivity contribution in [3.63, 3.8) is 0 Å². The van der Waals surface area contributed by atoms with Crippen molar-refractivity contribution >= 4 is 273 Å². The highest BCUT2D eigenvalue weighted by atomic mass is 79.9. The Morgan fingerprint density at radius 3 is 1.31 bits per heavy atom. The fraction of sp³-hybridized carbons (Fsp3) is 0. The molecule has 0 aliphatic heterocycles. The van der Waals surface area contributed by atoms with Crippen LogP contribution < -0.4 is 0 Å². The van der Waals surface area contributed by atoms with Gasteiger partial charge in [-0.05, 0) is 236 Å². The molecule has 10 heteroatoms. The number of furan rings is 3. The van der Waals surface area contributed by atoms with Gasteiger partial charge in [-0.3, -0.25) is 0 Å². The van der Waals surface area contributed by atoms with Crippen molar-refractivity contribution in [3.8, 4) is 33.4 Å². The Kier molecular flexibility index (Phi) is 18.5. The minimum atomic E-state index is 0.924. The van der Waals surface area contributed by atoms with Crippen LogP contribution in [0.2, 0.25) is 0 Å². The van der Waals surface area contributed by atoms with Crippen LogP contribution in [0.3, 0.4) is 0 Å². The monoisotopic (exact) mass is 1790 g/mol. The van der Waals surface area contributed by atoms with Gasteiger partial charge in [0.1, 0.15) is 33.5 Å². The van der Waals surface area contributed by atoms with Crippen LogP contribution in [0.4, 0.5) is 0 Å². The van der Waals surface area contributed by atoms with Crippen LogP contribution in [0.1, 0.15) is 0 Å². The molecule has 19 aromatic carbocycles. The maximum Gasteiger partial charge on any atom is 0.143 e. The quantitative estimate of drug-likeness (QED) is 0.177. The lowest BCUT2D eigenvalue weighted by molar-refractivity contribution is 0.669. The summed E-state index contributed by atoms with van der Waals surface area (Å²) in [5.41, 5.74) is 12.9. The minimum Gasteiger partial charge on any atom is -0.456 e. The number of hydrogen-bond donors (Lipinski definition) is 0. The van der Waals surface area contributed by atoms with E-state index in [1.54, 1.807) is 0 Å². The molecular formula is C102H59Br5O3S2. The van der Waals surface area contributed by atoms with E-state index in [9.17, 15) is 0 Å². The molecule has 24 aromatic rings. The van der Waals surface area contributed by atoms with Crippen molar-refractivity contribution in [2.75, 3.05) is 0 Å². The summed E-state index contributed by atoms with van der Waals surface area (Å²) in [5.74, 6) is 0. The number of halogens is 5. The average Bonchev–Trinajstić information content (AvgIpc) is 1.55. The predicted molar refractivity (Wildman–Crippen MR) is 500 cm³/mol. The first-order chi connectivity index (χ1) is 55.0. The van der Waals surface area contributed by atoms with Gasteiger partial charge in [0.15, 0.2) is 0 Å². The second-order valence-electron chi connectivity index (χ2n) is 28.0. The molecule has 0 amide bonds. The van der Waals surface area contributed by atoms with Gasteiger partial charge >= 0.3 is 0 Å². The minimum absolute atomic E-state index is 0.924. The van der Waals surface area contributed by atoms with Gasteiger partial charge in [-0.2, -0.15) is 0 Å². The molecule has 0 atom stereocenters. The first-order valence-corrected chi connectivity index (χ1v) is 42.3. The molecule has 0 saturated carbocycles. The van der Waals surface area contributed by atoms with Crippen molar-refractivity contribution in [1.82, 2.24) is 0 Å². The fourth-order valence-electron chi connectivity index (χ4n) is 15.8. The van der Waals surface area contributed by atoms with E-state index in [1.165, 1.54) is 142 Å². The molecule has 0 aliphatic rings. The number of hydrogen-bond acceptors (Lipinski definition) is 5. The van der Waals surface area contributed by atoms with Gasteiger partial charge in [-0.15, -0.1) is 22.7 Å². The van der Waals surface area contributed by atoms with E-state index in [2.05, 4.69) is 413 Å². The van der Waals surface area contributed by atoms with Crippen LogP contribution in [0, 0.1) is 0 Å². The second kappa shape index (κ2) is 29.6. The molecular weight excluding hydrogens is 1740 g/mol. The van der Waals surface area contributed by atoms with E-state index in [0.717, 1.165) is 84.1 Å². The Labute approximate surface area is 693 Å². The topological polar surface area (TPSA) is 39.4 Å². The lowest BCUT2D eigenvalue weighted by Crippen LogP contribution is -1.82. The van der Waals surface area contributed by atoms with Gasteiger partial charge in [0.2, 0.25) is 0 Å². The largest absolute Gasteiger partial charge is 0.456 e. The van der Waals surface area contributed by atoms with E-state index < -0.39 is 0 Å². The van der Waals surface area contributed by atoms with Crippen LogP contribution in [-0.4, -0.2) is 0 Å². The Morgan fingerprint density at radius 1 is 0.196 bits per heavy atom. The lowest BCUT2D eigenvalue weighted by atomic mass is 9.95. The summed E-state index contributed by atoms with van der Waals surface area (Å²) in [6.07, 6.45) is 0. The summed E-state index contributed by atoms with van der Waals surface area (Å²) in [6, 6.07) is 126. The Hall–Kier alpha value is -11.0. The van der Waals surface area contributed by atoms with E-state index >= 15 is 0 Å². The molecule has 0 fully saturated rings. The highest BCUT2D eigenvalue weighted by Crippen LogP contribution is 2.47. The average molecular weight is 1800 g/mol. The summed E-state index contributed by atoms with van der Waals surface area (Å²) in [5, 5.41) is 27.4. The van der Waals surface area contributed by atoms with Crippen LogP contribution >= 0.6 is 102 Å². The molecule has 5 aromatic heterocycles. The van der Waals surface area contributed by atoms with Gasteiger partial charge in [0.05, 0.1) is 0 Å². The number of benzene rings is 19. The molecule has 0 saturated heterocycles. The molecule has 532 valence electrons. The molecule has 0 N–H and O–H groups in total. The summed E-state index contributed by atoms with van der Waals surface area (Å²) < 4.78 is 29.2. The van der Waals surface area contributed by atoms with Crippen LogP contribution in [-0.2, 0) is 0 Å².